The Bertz CT molecular complexity index is 1000. The van der Waals surface area contributed by atoms with Gasteiger partial charge in [0.2, 0.25) is 0 Å². The molecule has 0 aliphatic carbocycles. The van der Waals surface area contributed by atoms with Crippen LogP contribution in [0.15, 0.2) is 59.4 Å². The third kappa shape index (κ3) is 4.88. The van der Waals surface area contributed by atoms with Gasteiger partial charge < -0.3 is 15.4 Å². The van der Waals surface area contributed by atoms with E-state index in [1.807, 2.05) is 6.07 Å². The van der Waals surface area contributed by atoms with E-state index in [-0.39, 0.29) is 19.7 Å². The second-order valence-electron chi connectivity index (χ2n) is 5.55. The number of rotatable bonds is 6. The lowest BCUT2D eigenvalue weighted by molar-refractivity contribution is -0.147. The van der Waals surface area contributed by atoms with Crippen LogP contribution in [0.4, 0.5) is 10.5 Å². The van der Waals surface area contributed by atoms with Gasteiger partial charge in [-0.3, -0.25) is 9.59 Å². The second-order valence-corrected chi connectivity index (χ2v) is 5.55. The van der Waals surface area contributed by atoms with Gasteiger partial charge in [0.05, 0.1) is 11.8 Å². The summed E-state index contributed by atoms with van der Waals surface area (Å²) in [4.78, 5) is 35.7. The Morgan fingerprint density at radius 3 is 2.59 bits per heavy atom. The van der Waals surface area contributed by atoms with Gasteiger partial charge in [0.15, 0.2) is 6.73 Å². The molecule has 0 bridgehead atoms. The van der Waals surface area contributed by atoms with Gasteiger partial charge in [-0.1, -0.05) is 35.5 Å². The molecule has 0 radical (unpaired) electrons. The van der Waals surface area contributed by atoms with Crippen molar-refractivity contribution >= 4 is 28.6 Å². The number of carbonyl (C=O) groups excluding carboxylic acids is 2. The normalized spacial score (nSPS) is 10.4. The lowest BCUT2D eigenvalue weighted by Crippen LogP contribution is -2.31. The van der Waals surface area contributed by atoms with Crippen LogP contribution in [0.3, 0.4) is 0 Å². The summed E-state index contributed by atoms with van der Waals surface area (Å²) in [6, 6.07) is 15.3. The molecule has 1 heterocycles. The van der Waals surface area contributed by atoms with E-state index in [0.717, 1.165) is 4.68 Å². The molecule has 3 aromatic rings. The highest BCUT2D eigenvalue weighted by Crippen LogP contribution is 2.04. The molecule has 0 unspecified atom stereocenters. The van der Waals surface area contributed by atoms with E-state index in [0.29, 0.717) is 16.6 Å². The molecule has 138 valence electrons. The Labute approximate surface area is 153 Å². The maximum Gasteiger partial charge on any atom is 0.319 e. The molecule has 2 amide bonds. The monoisotopic (exact) mass is 367 g/mol. The summed E-state index contributed by atoms with van der Waals surface area (Å²) in [6.45, 7) is -0.249. The van der Waals surface area contributed by atoms with E-state index in [1.165, 1.54) is 0 Å². The summed E-state index contributed by atoms with van der Waals surface area (Å²) >= 11 is 0. The van der Waals surface area contributed by atoms with Crippen molar-refractivity contribution in [2.75, 3.05) is 11.9 Å². The lowest BCUT2D eigenvalue weighted by atomic mass is 10.2. The highest BCUT2D eigenvalue weighted by Gasteiger charge is 2.09. The molecule has 2 N–H and O–H groups in total. The Balaban J connectivity index is 1.44. The molecule has 27 heavy (non-hydrogen) atoms. The fourth-order valence-corrected chi connectivity index (χ4v) is 2.29. The molecular weight excluding hydrogens is 350 g/mol. The number of esters is 1. The maximum atomic E-state index is 12.2. The zero-order valence-electron chi connectivity index (χ0n) is 14.3. The largest absolute Gasteiger partial charge is 0.442 e. The van der Waals surface area contributed by atoms with Crippen LogP contribution in [0.2, 0.25) is 0 Å². The van der Waals surface area contributed by atoms with Crippen molar-refractivity contribution in [3.05, 3.63) is 65.0 Å². The first-order valence-electron chi connectivity index (χ1n) is 8.21. The number of nitrogens with one attached hydrogen (secondary N) is 2. The van der Waals surface area contributed by atoms with Crippen LogP contribution >= 0.6 is 0 Å². The number of amides is 2. The number of nitrogens with zero attached hydrogens (tertiary/aromatic N) is 3. The number of hydrogen-bond donors (Lipinski definition) is 2. The Morgan fingerprint density at radius 2 is 1.78 bits per heavy atom. The van der Waals surface area contributed by atoms with Crippen LogP contribution in [0.25, 0.3) is 10.9 Å². The number of hydrogen-bond acceptors (Lipinski definition) is 6. The lowest BCUT2D eigenvalue weighted by Gasteiger charge is -2.08. The number of benzene rings is 2. The number of anilines is 1. The number of aromatic nitrogens is 3. The zero-order chi connectivity index (χ0) is 19.1. The molecule has 0 saturated carbocycles. The van der Waals surface area contributed by atoms with E-state index in [4.69, 9.17) is 4.74 Å². The fourth-order valence-electron chi connectivity index (χ4n) is 2.29. The molecule has 3 rings (SSSR count). The predicted octanol–water partition coefficient (Wildman–Crippen LogP) is 1.50. The standard InChI is InChI=1S/C18H17N5O4/c24-16(10-11-19-18(26)20-13-6-2-1-3-7-13)27-12-23-17(25)14-8-4-5-9-15(14)21-22-23/h1-9H,10-12H2,(H2,19,20,26). The van der Waals surface area contributed by atoms with Crippen LogP contribution in [0.1, 0.15) is 6.42 Å². The molecule has 1 aromatic heterocycles. The van der Waals surface area contributed by atoms with Gasteiger partial charge in [0.1, 0.15) is 5.52 Å². The van der Waals surface area contributed by atoms with Crippen LogP contribution in [0, 0.1) is 0 Å². The highest BCUT2D eigenvalue weighted by molar-refractivity contribution is 5.89. The number of urea groups is 1. The van der Waals surface area contributed by atoms with Gasteiger partial charge in [-0.05, 0) is 24.3 Å². The van der Waals surface area contributed by atoms with Crippen LogP contribution < -0.4 is 16.2 Å². The number of para-hydroxylation sites is 1. The fraction of sp³-hybridized carbons (Fsp3) is 0.167. The average molecular weight is 367 g/mol. The third-order valence-electron chi connectivity index (χ3n) is 3.62. The van der Waals surface area contributed by atoms with Gasteiger partial charge in [0, 0.05) is 12.2 Å². The van der Waals surface area contributed by atoms with Gasteiger partial charge >= 0.3 is 12.0 Å². The molecule has 0 aliphatic heterocycles. The van der Waals surface area contributed by atoms with Crippen molar-refractivity contribution in [3.63, 3.8) is 0 Å². The van der Waals surface area contributed by atoms with Crippen molar-refractivity contribution in [3.8, 4) is 0 Å². The first-order chi connectivity index (χ1) is 13.1. The van der Waals surface area contributed by atoms with E-state index < -0.39 is 17.6 Å². The molecular formula is C18H17N5O4. The van der Waals surface area contributed by atoms with Crippen molar-refractivity contribution in [2.45, 2.75) is 13.2 Å². The summed E-state index contributed by atoms with van der Waals surface area (Å²) < 4.78 is 5.98. The summed E-state index contributed by atoms with van der Waals surface area (Å²) in [6.07, 6.45) is -0.0437. The molecule has 0 atom stereocenters. The summed E-state index contributed by atoms with van der Waals surface area (Å²) in [5.74, 6) is -0.572. The van der Waals surface area contributed by atoms with Crippen molar-refractivity contribution in [2.24, 2.45) is 0 Å². The Morgan fingerprint density at radius 1 is 1.04 bits per heavy atom. The number of carbonyl (C=O) groups is 2. The van der Waals surface area contributed by atoms with E-state index in [2.05, 4.69) is 20.9 Å². The van der Waals surface area contributed by atoms with E-state index >= 15 is 0 Å². The third-order valence-corrected chi connectivity index (χ3v) is 3.62. The first-order valence-corrected chi connectivity index (χ1v) is 8.21. The first kappa shape index (κ1) is 18.1. The molecule has 9 nitrogen and oxygen atoms in total. The van der Waals surface area contributed by atoms with Crippen LogP contribution in [-0.4, -0.2) is 33.5 Å². The summed E-state index contributed by atoms with van der Waals surface area (Å²) in [5, 5.41) is 13.2. The van der Waals surface area contributed by atoms with Crippen LogP contribution in [0.5, 0.6) is 0 Å². The van der Waals surface area contributed by atoms with Crippen LogP contribution in [-0.2, 0) is 16.3 Å². The molecule has 9 heteroatoms. The Kier molecular flexibility index (Phi) is 5.73. The molecule has 0 spiro atoms. The molecule has 0 fully saturated rings. The van der Waals surface area contributed by atoms with Crippen molar-refractivity contribution < 1.29 is 14.3 Å². The van der Waals surface area contributed by atoms with Gasteiger partial charge in [-0.2, -0.15) is 4.68 Å². The van der Waals surface area contributed by atoms with Crippen molar-refractivity contribution in [1.29, 1.82) is 0 Å². The smallest absolute Gasteiger partial charge is 0.319 e. The topological polar surface area (TPSA) is 115 Å². The minimum absolute atomic E-state index is 0.0437. The quantitative estimate of drug-likeness (QED) is 0.638. The SMILES string of the molecule is O=C(NCCC(=O)OCn1nnc2ccccc2c1=O)Nc1ccccc1. The van der Waals surface area contributed by atoms with E-state index in [9.17, 15) is 14.4 Å². The maximum absolute atomic E-state index is 12.2. The zero-order valence-corrected chi connectivity index (χ0v) is 14.3. The van der Waals surface area contributed by atoms with E-state index in [1.54, 1.807) is 48.5 Å². The number of ether oxygens (including phenoxy) is 1. The molecule has 0 saturated heterocycles. The second kappa shape index (κ2) is 8.56. The average Bonchev–Trinajstić information content (AvgIpc) is 2.68. The van der Waals surface area contributed by atoms with Gasteiger partial charge in [-0.25, -0.2) is 4.79 Å². The molecule has 2 aromatic carbocycles. The number of fused-ring (bicyclic) bond motifs is 1. The minimum atomic E-state index is -0.572. The summed E-state index contributed by atoms with van der Waals surface area (Å²) in [5.41, 5.74) is 0.722. The molecule has 0 aliphatic rings. The van der Waals surface area contributed by atoms with Gasteiger partial charge in [0.25, 0.3) is 5.56 Å². The highest BCUT2D eigenvalue weighted by atomic mass is 16.5. The summed E-state index contributed by atoms with van der Waals surface area (Å²) in [7, 11) is 0. The minimum Gasteiger partial charge on any atom is -0.442 e. The Hall–Kier alpha value is -3.75. The predicted molar refractivity (Wildman–Crippen MR) is 98.0 cm³/mol. The van der Waals surface area contributed by atoms with Crippen molar-refractivity contribution in [1.82, 2.24) is 20.3 Å². The van der Waals surface area contributed by atoms with Gasteiger partial charge in [-0.15, -0.1) is 5.10 Å².